The Labute approximate surface area is 185 Å². The molecule has 0 saturated carbocycles. The second-order valence-corrected chi connectivity index (χ2v) is 7.60. The minimum Gasteiger partial charge on any atom is -0.242 e. The average molecular weight is 614 g/mol. The summed E-state index contributed by atoms with van der Waals surface area (Å²) >= 11 is 13.5. The van der Waals surface area contributed by atoms with E-state index in [1.807, 2.05) is 12.1 Å². The summed E-state index contributed by atoms with van der Waals surface area (Å²) in [4.78, 5) is 33.9. The molecule has 0 bridgehead atoms. The summed E-state index contributed by atoms with van der Waals surface area (Å²) in [5.41, 5.74) is 4.33. The molecule has 26 heavy (non-hydrogen) atoms. The van der Waals surface area contributed by atoms with Crippen LogP contribution in [0.25, 0.3) is 0 Å². The molecule has 8 heteroatoms. The van der Waals surface area contributed by atoms with Gasteiger partial charge in [0.1, 0.15) is 0 Å². The van der Waals surface area contributed by atoms with E-state index in [1.54, 1.807) is 24.3 Å². The highest BCUT2D eigenvalue weighted by Gasteiger charge is 2.16. The third-order valence-corrected chi connectivity index (χ3v) is 5.98. The Bertz CT molecular complexity index is 696. The van der Waals surface area contributed by atoms with Crippen molar-refractivity contribution in [2.45, 2.75) is 21.3 Å². The van der Waals surface area contributed by atoms with Crippen molar-refractivity contribution in [1.29, 1.82) is 0 Å². The highest BCUT2D eigenvalue weighted by Crippen LogP contribution is 2.18. The summed E-state index contributed by atoms with van der Waals surface area (Å²) in [5, 5.41) is 2.40. The molecule has 0 heterocycles. The molecule has 0 unspecified atom stereocenters. The van der Waals surface area contributed by atoms with Crippen LogP contribution in [0.2, 0.25) is 0 Å². The lowest BCUT2D eigenvalue weighted by Crippen LogP contribution is -2.13. The number of benzene rings is 2. The van der Waals surface area contributed by atoms with Crippen LogP contribution in [-0.2, 0) is 31.1 Å². The standard InChI is InChI=1S/C18H14Br4O4/c19-7-11-1-12(8-20)4-15(3-11)17(23)25-26-18(24)16-5-13(9-21)2-14(6-16)10-22/h1-6H,7-10H2. The van der Waals surface area contributed by atoms with Crippen LogP contribution < -0.4 is 0 Å². The fourth-order valence-corrected chi connectivity index (χ4v) is 3.54. The molecule has 2 aromatic rings. The van der Waals surface area contributed by atoms with Crippen LogP contribution in [0, 0.1) is 0 Å². The van der Waals surface area contributed by atoms with Gasteiger partial charge in [0, 0.05) is 21.3 Å². The molecule has 0 aliphatic carbocycles. The van der Waals surface area contributed by atoms with Crippen LogP contribution in [0.1, 0.15) is 43.0 Å². The van der Waals surface area contributed by atoms with Crippen LogP contribution >= 0.6 is 63.7 Å². The second kappa shape index (κ2) is 10.6. The number of carbonyl (C=O) groups is 2. The lowest BCUT2D eigenvalue weighted by atomic mass is 10.1. The van der Waals surface area contributed by atoms with Crippen molar-refractivity contribution >= 4 is 75.7 Å². The SMILES string of the molecule is O=C(OOC(=O)c1cc(CBr)cc(CBr)c1)c1cc(CBr)cc(CBr)c1. The summed E-state index contributed by atoms with van der Waals surface area (Å²) in [5.74, 6) is -1.44. The van der Waals surface area contributed by atoms with Crippen molar-refractivity contribution in [1.82, 2.24) is 0 Å². The van der Waals surface area contributed by atoms with Gasteiger partial charge in [-0.05, 0) is 46.5 Å². The Hall–Kier alpha value is -0.700. The first-order valence-electron chi connectivity index (χ1n) is 7.43. The normalized spacial score (nSPS) is 10.5. The molecule has 0 aliphatic rings. The lowest BCUT2D eigenvalue weighted by Gasteiger charge is -2.08. The smallest absolute Gasteiger partial charge is 0.242 e. The number of alkyl halides is 4. The highest BCUT2D eigenvalue weighted by atomic mass is 79.9. The first-order chi connectivity index (χ1) is 12.5. The van der Waals surface area contributed by atoms with Crippen molar-refractivity contribution in [3.63, 3.8) is 0 Å². The number of hydrogen-bond donors (Lipinski definition) is 0. The monoisotopic (exact) mass is 610 g/mol. The number of hydrogen-bond acceptors (Lipinski definition) is 4. The molecular formula is C18H14Br4O4. The highest BCUT2D eigenvalue weighted by molar-refractivity contribution is 9.09. The van der Waals surface area contributed by atoms with Crippen LogP contribution in [-0.4, -0.2) is 11.9 Å². The predicted molar refractivity (Wildman–Crippen MR) is 114 cm³/mol. The summed E-state index contributed by atoms with van der Waals surface area (Å²) < 4.78 is 0. The number of halogens is 4. The van der Waals surface area contributed by atoms with E-state index in [9.17, 15) is 9.59 Å². The molecule has 0 radical (unpaired) electrons. The minimum atomic E-state index is -0.722. The van der Waals surface area contributed by atoms with Crippen molar-refractivity contribution in [2.24, 2.45) is 0 Å². The van der Waals surface area contributed by atoms with Crippen LogP contribution in [0.15, 0.2) is 36.4 Å². The maximum atomic E-state index is 12.2. The molecular weight excluding hydrogens is 600 g/mol. The third-order valence-electron chi connectivity index (χ3n) is 3.39. The third kappa shape index (κ3) is 5.90. The van der Waals surface area contributed by atoms with Gasteiger partial charge in [-0.3, -0.25) is 0 Å². The van der Waals surface area contributed by atoms with E-state index >= 15 is 0 Å². The topological polar surface area (TPSA) is 52.6 Å². The van der Waals surface area contributed by atoms with Gasteiger partial charge in [-0.2, -0.15) is 0 Å². The van der Waals surface area contributed by atoms with Gasteiger partial charge < -0.3 is 0 Å². The van der Waals surface area contributed by atoms with Crippen LogP contribution in [0.5, 0.6) is 0 Å². The molecule has 0 atom stereocenters. The zero-order chi connectivity index (χ0) is 19.1. The van der Waals surface area contributed by atoms with E-state index < -0.39 is 11.9 Å². The molecule has 0 saturated heterocycles. The van der Waals surface area contributed by atoms with Gasteiger partial charge in [0.25, 0.3) is 0 Å². The van der Waals surface area contributed by atoms with E-state index in [4.69, 9.17) is 9.78 Å². The van der Waals surface area contributed by atoms with Gasteiger partial charge in [-0.25, -0.2) is 19.4 Å². The molecule has 0 N–H and O–H groups in total. The predicted octanol–water partition coefficient (Wildman–Crippen LogP) is 6.20. The molecule has 0 aliphatic heterocycles. The molecule has 2 aromatic carbocycles. The summed E-state index contributed by atoms with van der Waals surface area (Å²) in [6.07, 6.45) is 0. The Morgan fingerprint density at radius 3 is 1.08 bits per heavy atom. The number of rotatable bonds is 6. The Morgan fingerprint density at radius 1 is 0.577 bits per heavy atom. The van der Waals surface area contributed by atoms with Gasteiger partial charge in [-0.1, -0.05) is 75.9 Å². The first kappa shape index (κ1) is 21.6. The maximum Gasteiger partial charge on any atom is 0.386 e. The summed E-state index contributed by atoms with van der Waals surface area (Å²) in [6, 6.07) is 10.7. The molecule has 0 aromatic heterocycles. The molecule has 0 fully saturated rings. The van der Waals surface area contributed by atoms with Gasteiger partial charge in [0.05, 0.1) is 11.1 Å². The second-order valence-electron chi connectivity index (χ2n) is 5.35. The van der Waals surface area contributed by atoms with Crippen LogP contribution in [0.3, 0.4) is 0 Å². The fraction of sp³-hybridized carbons (Fsp3) is 0.222. The van der Waals surface area contributed by atoms with Crippen molar-refractivity contribution < 1.29 is 19.4 Å². The molecule has 4 nitrogen and oxygen atoms in total. The van der Waals surface area contributed by atoms with Gasteiger partial charge in [0.15, 0.2) is 0 Å². The zero-order valence-corrected chi connectivity index (χ0v) is 19.8. The van der Waals surface area contributed by atoms with Gasteiger partial charge in [0.2, 0.25) is 0 Å². The maximum absolute atomic E-state index is 12.2. The first-order valence-corrected chi connectivity index (χ1v) is 11.9. The number of carbonyl (C=O) groups excluding carboxylic acids is 2. The Kier molecular flexibility index (Phi) is 8.79. The lowest BCUT2D eigenvalue weighted by molar-refractivity contribution is -0.187. The quantitative estimate of drug-likeness (QED) is 0.221. The Balaban J connectivity index is 2.11. The van der Waals surface area contributed by atoms with E-state index in [-0.39, 0.29) is 0 Å². The largest absolute Gasteiger partial charge is 0.386 e. The molecule has 0 amide bonds. The van der Waals surface area contributed by atoms with Crippen molar-refractivity contribution in [2.75, 3.05) is 0 Å². The van der Waals surface area contributed by atoms with Crippen molar-refractivity contribution in [3.8, 4) is 0 Å². The molecule has 2 rings (SSSR count). The fourth-order valence-electron chi connectivity index (χ4n) is 2.24. The van der Waals surface area contributed by atoms with E-state index in [0.29, 0.717) is 32.4 Å². The minimum absolute atomic E-state index is 0.319. The van der Waals surface area contributed by atoms with Crippen LogP contribution in [0.4, 0.5) is 0 Å². The summed E-state index contributed by atoms with van der Waals surface area (Å²) in [6.45, 7) is 0. The van der Waals surface area contributed by atoms with E-state index in [1.165, 1.54) is 0 Å². The van der Waals surface area contributed by atoms with Crippen molar-refractivity contribution in [3.05, 3.63) is 69.8 Å². The zero-order valence-electron chi connectivity index (χ0n) is 13.4. The van der Waals surface area contributed by atoms with Gasteiger partial charge in [-0.15, -0.1) is 0 Å². The van der Waals surface area contributed by atoms with E-state index in [0.717, 1.165) is 22.3 Å². The van der Waals surface area contributed by atoms with Gasteiger partial charge >= 0.3 is 11.9 Å². The molecule has 138 valence electrons. The Morgan fingerprint density at radius 2 is 0.846 bits per heavy atom. The average Bonchev–Trinajstić information content (AvgIpc) is 2.70. The van der Waals surface area contributed by atoms with E-state index in [2.05, 4.69) is 63.7 Å². The summed E-state index contributed by atoms with van der Waals surface area (Å²) in [7, 11) is 0. The molecule has 0 spiro atoms.